The van der Waals surface area contributed by atoms with Crippen LogP contribution in [0.15, 0.2) is 67.0 Å². The highest BCUT2D eigenvalue weighted by Crippen LogP contribution is 2.43. The van der Waals surface area contributed by atoms with Gasteiger partial charge in [0.05, 0.1) is 11.7 Å². The van der Waals surface area contributed by atoms with Crippen LogP contribution in [0.3, 0.4) is 0 Å². The van der Waals surface area contributed by atoms with E-state index < -0.39 is 0 Å². The van der Waals surface area contributed by atoms with Crippen molar-refractivity contribution in [1.82, 2.24) is 14.9 Å². The van der Waals surface area contributed by atoms with Gasteiger partial charge in [-0.05, 0) is 68.4 Å². The number of pyridine rings is 1. The summed E-state index contributed by atoms with van der Waals surface area (Å²) in [6, 6.07) is 19.8. The predicted molar refractivity (Wildman–Crippen MR) is 121 cm³/mol. The minimum atomic E-state index is 0.0139. The van der Waals surface area contributed by atoms with Gasteiger partial charge in [0.2, 0.25) is 0 Å². The fourth-order valence-corrected chi connectivity index (χ4v) is 5.16. The summed E-state index contributed by atoms with van der Waals surface area (Å²) >= 11 is 5.84. The Labute approximate surface area is 177 Å². The van der Waals surface area contributed by atoms with E-state index in [4.69, 9.17) is 12.2 Å². The van der Waals surface area contributed by atoms with E-state index in [9.17, 15) is 0 Å². The Balaban J connectivity index is 1.62. The molecule has 29 heavy (non-hydrogen) atoms. The molecule has 1 saturated carbocycles. The van der Waals surface area contributed by atoms with Crippen LogP contribution >= 0.6 is 12.2 Å². The van der Waals surface area contributed by atoms with Gasteiger partial charge in [-0.25, -0.2) is 0 Å². The minimum absolute atomic E-state index is 0.0139. The van der Waals surface area contributed by atoms with Crippen molar-refractivity contribution < 1.29 is 0 Å². The molecule has 0 unspecified atom stereocenters. The number of nitrogens with one attached hydrogen (secondary N) is 1. The lowest BCUT2D eigenvalue weighted by molar-refractivity contribution is 0.461. The van der Waals surface area contributed by atoms with Gasteiger partial charge in [0, 0.05) is 29.8 Å². The zero-order chi connectivity index (χ0) is 19.8. The molecule has 148 valence electrons. The van der Waals surface area contributed by atoms with E-state index in [-0.39, 0.29) is 12.1 Å². The number of aryl methyl sites for hydroxylation is 1. The maximum absolute atomic E-state index is 5.84. The van der Waals surface area contributed by atoms with E-state index >= 15 is 0 Å². The molecule has 3 heterocycles. The van der Waals surface area contributed by atoms with Crippen molar-refractivity contribution in [3.05, 3.63) is 83.9 Å². The van der Waals surface area contributed by atoms with Crippen LogP contribution in [0, 0.1) is 6.92 Å². The van der Waals surface area contributed by atoms with Crippen LogP contribution in [0.25, 0.3) is 0 Å². The molecule has 2 fully saturated rings. The standard InChI is InChI=1S/C24H26N4S/c1-17-11-13-19(14-12-17)28-23(21-10-6-16-27(21)18-7-2-3-8-18)22(26-24(28)29)20-9-4-5-15-25-20/h4-6,9-16,18,22-23H,2-3,7-8H2,1H3,(H,26,29)/t22-,23-/m0/s1. The molecule has 4 nitrogen and oxygen atoms in total. The Morgan fingerprint density at radius 3 is 2.52 bits per heavy atom. The van der Waals surface area contributed by atoms with Gasteiger partial charge in [0.25, 0.3) is 0 Å². The second kappa shape index (κ2) is 7.64. The zero-order valence-corrected chi connectivity index (χ0v) is 17.5. The van der Waals surface area contributed by atoms with E-state index in [1.54, 1.807) is 0 Å². The molecule has 3 aromatic rings. The van der Waals surface area contributed by atoms with Gasteiger partial charge in [-0.3, -0.25) is 4.98 Å². The number of aromatic nitrogens is 2. The third-order valence-corrected chi connectivity index (χ3v) is 6.56. The van der Waals surface area contributed by atoms with Crippen LogP contribution in [-0.4, -0.2) is 14.7 Å². The van der Waals surface area contributed by atoms with Crippen molar-refractivity contribution in [3.8, 4) is 0 Å². The van der Waals surface area contributed by atoms with E-state index in [0.717, 1.165) is 16.5 Å². The Morgan fingerprint density at radius 1 is 1.00 bits per heavy atom. The Kier molecular flexibility index (Phi) is 4.84. The van der Waals surface area contributed by atoms with Crippen LogP contribution in [0.1, 0.15) is 60.8 Å². The summed E-state index contributed by atoms with van der Waals surface area (Å²) in [6.45, 7) is 2.11. The van der Waals surface area contributed by atoms with Gasteiger partial charge < -0.3 is 14.8 Å². The van der Waals surface area contributed by atoms with Gasteiger partial charge in [0.15, 0.2) is 5.11 Å². The van der Waals surface area contributed by atoms with E-state index in [1.165, 1.54) is 36.9 Å². The molecule has 1 saturated heterocycles. The lowest BCUT2D eigenvalue weighted by Crippen LogP contribution is -2.30. The third kappa shape index (κ3) is 3.33. The molecule has 1 aliphatic heterocycles. The molecule has 2 atom stereocenters. The molecule has 1 N–H and O–H groups in total. The van der Waals surface area contributed by atoms with Gasteiger partial charge in [-0.2, -0.15) is 0 Å². The first-order chi connectivity index (χ1) is 14.2. The first-order valence-corrected chi connectivity index (χ1v) is 10.9. The molecule has 0 radical (unpaired) electrons. The number of rotatable bonds is 4. The zero-order valence-electron chi connectivity index (χ0n) is 16.7. The highest BCUT2D eigenvalue weighted by Gasteiger charge is 2.42. The largest absolute Gasteiger partial charge is 0.351 e. The summed E-state index contributed by atoms with van der Waals surface area (Å²) in [5, 5.41) is 4.33. The van der Waals surface area contributed by atoms with Crippen molar-refractivity contribution in [3.63, 3.8) is 0 Å². The average molecular weight is 403 g/mol. The molecule has 0 bridgehead atoms. The smallest absolute Gasteiger partial charge is 0.174 e. The maximum Gasteiger partial charge on any atom is 0.174 e. The van der Waals surface area contributed by atoms with Crippen LogP contribution in [0.4, 0.5) is 5.69 Å². The van der Waals surface area contributed by atoms with Crippen LogP contribution in [-0.2, 0) is 0 Å². The second-order valence-electron chi connectivity index (χ2n) is 8.11. The Hall–Kier alpha value is -2.66. The van der Waals surface area contributed by atoms with Crippen LogP contribution in [0.2, 0.25) is 0 Å². The Bertz CT molecular complexity index is 989. The third-order valence-electron chi connectivity index (χ3n) is 6.24. The normalized spacial score (nSPS) is 22.2. The highest BCUT2D eigenvalue weighted by atomic mass is 32.1. The van der Waals surface area contributed by atoms with Crippen molar-refractivity contribution in [2.75, 3.05) is 4.90 Å². The van der Waals surface area contributed by atoms with Crippen LogP contribution < -0.4 is 10.2 Å². The van der Waals surface area contributed by atoms with Crippen molar-refractivity contribution >= 4 is 23.0 Å². The molecular formula is C24H26N4S. The molecule has 5 rings (SSSR count). The first-order valence-electron chi connectivity index (χ1n) is 10.5. The summed E-state index contributed by atoms with van der Waals surface area (Å²) in [5.74, 6) is 0. The van der Waals surface area contributed by atoms with E-state index in [0.29, 0.717) is 6.04 Å². The SMILES string of the molecule is Cc1ccc(N2C(=S)N[C@@H](c3ccccn3)[C@@H]2c2cccn2C2CCCC2)cc1. The summed E-state index contributed by atoms with van der Waals surface area (Å²) in [7, 11) is 0. The predicted octanol–water partition coefficient (Wildman–Crippen LogP) is 5.48. The van der Waals surface area contributed by atoms with Crippen molar-refractivity contribution in [1.29, 1.82) is 0 Å². The van der Waals surface area contributed by atoms with E-state index in [1.807, 2.05) is 12.3 Å². The number of hydrogen-bond donors (Lipinski definition) is 1. The Morgan fingerprint density at radius 2 is 1.79 bits per heavy atom. The number of thiocarbonyl (C=S) groups is 1. The first kappa shape index (κ1) is 18.4. The molecule has 0 spiro atoms. The molecule has 2 aromatic heterocycles. The van der Waals surface area contributed by atoms with Gasteiger partial charge >= 0.3 is 0 Å². The topological polar surface area (TPSA) is 33.1 Å². The van der Waals surface area contributed by atoms with Crippen molar-refractivity contribution in [2.24, 2.45) is 0 Å². The molecule has 5 heteroatoms. The average Bonchev–Trinajstić information content (AvgIpc) is 3.48. The van der Waals surface area contributed by atoms with E-state index in [2.05, 4.69) is 81.4 Å². The summed E-state index contributed by atoms with van der Waals surface area (Å²) in [4.78, 5) is 6.94. The van der Waals surface area contributed by atoms with Gasteiger partial charge in [-0.1, -0.05) is 36.6 Å². The molecular weight excluding hydrogens is 376 g/mol. The highest BCUT2D eigenvalue weighted by molar-refractivity contribution is 7.80. The molecule has 2 aliphatic rings. The fraction of sp³-hybridized carbons (Fsp3) is 0.333. The summed E-state index contributed by atoms with van der Waals surface area (Å²) < 4.78 is 2.49. The molecule has 1 aliphatic carbocycles. The molecule has 0 amide bonds. The minimum Gasteiger partial charge on any atom is -0.351 e. The second-order valence-corrected chi connectivity index (χ2v) is 8.50. The maximum atomic E-state index is 5.84. The number of nitrogens with zero attached hydrogens (tertiary/aromatic N) is 3. The summed E-state index contributed by atoms with van der Waals surface area (Å²) in [6.07, 6.45) is 9.25. The summed E-state index contributed by atoms with van der Waals surface area (Å²) in [5.41, 5.74) is 4.70. The lowest BCUT2D eigenvalue weighted by atomic mass is 10.00. The molecule has 1 aromatic carbocycles. The number of benzene rings is 1. The fourth-order valence-electron chi connectivity index (χ4n) is 4.81. The number of hydrogen-bond acceptors (Lipinski definition) is 2. The van der Waals surface area contributed by atoms with Gasteiger partial charge in [-0.15, -0.1) is 0 Å². The lowest BCUT2D eigenvalue weighted by Gasteiger charge is -2.30. The monoisotopic (exact) mass is 402 g/mol. The van der Waals surface area contributed by atoms with Crippen molar-refractivity contribution in [2.45, 2.75) is 50.7 Å². The number of anilines is 1. The quantitative estimate of drug-likeness (QED) is 0.586. The van der Waals surface area contributed by atoms with Gasteiger partial charge in [0.1, 0.15) is 6.04 Å². The van der Waals surface area contributed by atoms with Crippen LogP contribution in [0.5, 0.6) is 0 Å².